The van der Waals surface area contributed by atoms with E-state index in [0.29, 0.717) is 12.0 Å². The first kappa shape index (κ1) is 10.9. The van der Waals surface area contributed by atoms with E-state index in [-0.39, 0.29) is 17.8 Å². The largest absolute Gasteiger partial charge is 0.503 e. The zero-order valence-corrected chi connectivity index (χ0v) is 8.54. The molecule has 1 aromatic rings. The Morgan fingerprint density at radius 2 is 2.00 bits per heavy atom. The summed E-state index contributed by atoms with van der Waals surface area (Å²) in [5, 5.41) is 8.91. The van der Waals surface area contributed by atoms with Crippen LogP contribution in [-0.4, -0.2) is 18.2 Å². The van der Waals surface area contributed by atoms with Crippen molar-refractivity contribution in [3.05, 3.63) is 29.3 Å². The number of phenolic OH excluding ortho intramolecular Hbond substituents is 1. The Balaban J connectivity index is 2.22. The van der Waals surface area contributed by atoms with Crippen molar-refractivity contribution in [2.45, 2.75) is 12.3 Å². The Labute approximate surface area is 90.7 Å². The van der Waals surface area contributed by atoms with E-state index in [1.165, 1.54) is 7.11 Å². The van der Waals surface area contributed by atoms with Gasteiger partial charge in [0.1, 0.15) is 0 Å². The fraction of sp³-hybridized carbons (Fsp3) is 0.364. The predicted molar refractivity (Wildman–Crippen MR) is 50.9 cm³/mol. The molecule has 0 aromatic heterocycles. The van der Waals surface area contributed by atoms with Gasteiger partial charge in [0.15, 0.2) is 17.4 Å². The number of hydrogen-bond donors (Lipinski definition) is 1. The lowest BCUT2D eigenvalue weighted by molar-refractivity contribution is -0.142. The molecule has 1 fully saturated rings. The van der Waals surface area contributed by atoms with Gasteiger partial charge in [-0.15, -0.1) is 0 Å². The van der Waals surface area contributed by atoms with Gasteiger partial charge in [0.2, 0.25) is 0 Å². The minimum absolute atomic E-state index is 0.211. The van der Waals surface area contributed by atoms with Gasteiger partial charge in [0.25, 0.3) is 0 Å². The molecular formula is C11H10F2O3. The molecule has 1 saturated carbocycles. The Hall–Kier alpha value is -1.65. The van der Waals surface area contributed by atoms with Crippen molar-refractivity contribution in [1.29, 1.82) is 0 Å². The van der Waals surface area contributed by atoms with Gasteiger partial charge in [0, 0.05) is 0 Å². The van der Waals surface area contributed by atoms with Crippen molar-refractivity contribution in [3.63, 3.8) is 0 Å². The van der Waals surface area contributed by atoms with Crippen molar-refractivity contribution < 1.29 is 23.4 Å². The molecule has 86 valence electrons. The first-order valence-electron chi connectivity index (χ1n) is 4.80. The van der Waals surface area contributed by atoms with Crippen LogP contribution in [0.15, 0.2) is 12.1 Å². The Kier molecular flexibility index (Phi) is 2.53. The third kappa shape index (κ3) is 1.73. The van der Waals surface area contributed by atoms with Gasteiger partial charge in [-0.2, -0.15) is 0 Å². The average molecular weight is 228 g/mol. The number of methoxy groups -OCH3 is 1. The third-order valence-electron chi connectivity index (χ3n) is 2.76. The second kappa shape index (κ2) is 3.73. The van der Waals surface area contributed by atoms with E-state index < -0.39 is 17.4 Å². The van der Waals surface area contributed by atoms with Crippen molar-refractivity contribution in [1.82, 2.24) is 0 Å². The van der Waals surface area contributed by atoms with Gasteiger partial charge < -0.3 is 9.84 Å². The molecule has 16 heavy (non-hydrogen) atoms. The molecule has 0 heterocycles. The van der Waals surface area contributed by atoms with Gasteiger partial charge >= 0.3 is 5.97 Å². The Morgan fingerprint density at radius 1 is 1.44 bits per heavy atom. The molecule has 5 heteroatoms. The molecule has 2 unspecified atom stereocenters. The van der Waals surface area contributed by atoms with E-state index in [1.807, 2.05) is 0 Å². The topological polar surface area (TPSA) is 46.5 Å². The number of aromatic hydroxyl groups is 1. The summed E-state index contributed by atoms with van der Waals surface area (Å²) in [5.74, 6) is -3.92. The van der Waals surface area contributed by atoms with Gasteiger partial charge in [-0.05, 0) is 30.0 Å². The number of carbonyl (C=O) groups excluding carboxylic acids is 1. The summed E-state index contributed by atoms with van der Waals surface area (Å²) in [6.07, 6.45) is 0.524. The van der Waals surface area contributed by atoms with Crippen LogP contribution in [0, 0.1) is 17.6 Å². The van der Waals surface area contributed by atoms with Crippen LogP contribution in [0.2, 0.25) is 0 Å². The molecular weight excluding hydrogens is 218 g/mol. The van der Waals surface area contributed by atoms with Crippen molar-refractivity contribution >= 4 is 5.97 Å². The molecule has 2 atom stereocenters. The molecule has 1 aromatic carbocycles. The molecule has 2 rings (SSSR count). The number of rotatable bonds is 2. The second-order valence-corrected chi connectivity index (χ2v) is 3.81. The summed E-state index contributed by atoms with van der Waals surface area (Å²) in [5.41, 5.74) is 0.378. The highest BCUT2D eigenvalue weighted by Crippen LogP contribution is 2.48. The zero-order valence-electron chi connectivity index (χ0n) is 8.54. The predicted octanol–water partition coefficient (Wildman–Crippen LogP) is 1.95. The van der Waals surface area contributed by atoms with Crippen LogP contribution in [0.25, 0.3) is 0 Å². The fourth-order valence-corrected chi connectivity index (χ4v) is 1.77. The first-order valence-corrected chi connectivity index (χ1v) is 4.80. The number of benzene rings is 1. The normalized spacial score (nSPS) is 22.9. The summed E-state index contributed by atoms with van der Waals surface area (Å²) in [6, 6.07) is 2.10. The number of carbonyl (C=O) groups is 1. The highest BCUT2D eigenvalue weighted by Gasteiger charge is 2.45. The second-order valence-electron chi connectivity index (χ2n) is 3.81. The molecule has 3 nitrogen and oxygen atoms in total. The zero-order chi connectivity index (χ0) is 11.9. The highest BCUT2D eigenvalue weighted by molar-refractivity contribution is 5.77. The van der Waals surface area contributed by atoms with Crippen LogP contribution in [-0.2, 0) is 9.53 Å². The minimum Gasteiger partial charge on any atom is -0.503 e. The number of phenols is 1. The standard InChI is InChI=1S/C11H10F2O3/c1-16-11(15)7-4-6(7)5-2-8(12)10(14)9(13)3-5/h2-3,6-7,14H,4H2,1H3. The van der Waals surface area contributed by atoms with Crippen LogP contribution < -0.4 is 0 Å². The summed E-state index contributed by atoms with van der Waals surface area (Å²) < 4.78 is 30.6. The van der Waals surface area contributed by atoms with Gasteiger partial charge in [-0.1, -0.05) is 0 Å². The molecule has 0 saturated heterocycles. The maximum atomic E-state index is 13.0. The van der Waals surface area contributed by atoms with E-state index in [4.69, 9.17) is 5.11 Å². The van der Waals surface area contributed by atoms with Gasteiger partial charge in [-0.3, -0.25) is 4.79 Å². The van der Waals surface area contributed by atoms with Crippen LogP contribution in [0.5, 0.6) is 5.75 Å². The number of ether oxygens (including phenoxy) is 1. The average Bonchev–Trinajstić information content (AvgIpc) is 3.04. The molecule has 0 radical (unpaired) electrons. The molecule has 0 amide bonds. The van der Waals surface area contributed by atoms with Gasteiger partial charge in [-0.25, -0.2) is 8.78 Å². The molecule has 1 N–H and O–H groups in total. The highest BCUT2D eigenvalue weighted by atomic mass is 19.1. The lowest BCUT2D eigenvalue weighted by Crippen LogP contribution is -2.04. The fourth-order valence-electron chi connectivity index (χ4n) is 1.77. The molecule has 0 bridgehead atoms. The summed E-state index contributed by atoms with van der Waals surface area (Å²) >= 11 is 0. The lowest BCUT2D eigenvalue weighted by atomic mass is 10.1. The maximum Gasteiger partial charge on any atom is 0.309 e. The number of esters is 1. The van der Waals surface area contributed by atoms with E-state index in [0.717, 1.165) is 12.1 Å². The summed E-state index contributed by atoms with van der Waals surface area (Å²) in [7, 11) is 1.27. The van der Waals surface area contributed by atoms with Crippen LogP contribution in [0.4, 0.5) is 8.78 Å². The van der Waals surface area contributed by atoms with Crippen molar-refractivity contribution in [2.24, 2.45) is 5.92 Å². The summed E-state index contributed by atoms with van der Waals surface area (Å²) in [6.45, 7) is 0. The van der Waals surface area contributed by atoms with E-state index in [9.17, 15) is 13.6 Å². The quantitative estimate of drug-likeness (QED) is 0.787. The number of hydrogen-bond acceptors (Lipinski definition) is 3. The van der Waals surface area contributed by atoms with Crippen LogP contribution >= 0.6 is 0 Å². The maximum absolute atomic E-state index is 13.0. The van der Waals surface area contributed by atoms with Crippen molar-refractivity contribution in [2.75, 3.05) is 7.11 Å². The lowest BCUT2D eigenvalue weighted by Gasteiger charge is -2.03. The smallest absolute Gasteiger partial charge is 0.309 e. The number of halogens is 2. The molecule has 1 aliphatic carbocycles. The van der Waals surface area contributed by atoms with Crippen LogP contribution in [0.1, 0.15) is 17.9 Å². The van der Waals surface area contributed by atoms with Crippen LogP contribution in [0.3, 0.4) is 0 Å². The molecule has 0 spiro atoms. The van der Waals surface area contributed by atoms with E-state index in [1.54, 1.807) is 0 Å². The summed E-state index contributed by atoms with van der Waals surface area (Å²) in [4.78, 5) is 11.1. The Bertz CT molecular complexity index is 422. The van der Waals surface area contributed by atoms with Gasteiger partial charge in [0.05, 0.1) is 13.0 Å². The molecule has 1 aliphatic rings. The van der Waals surface area contributed by atoms with E-state index >= 15 is 0 Å². The van der Waals surface area contributed by atoms with E-state index in [2.05, 4.69) is 4.74 Å². The Morgan fingerprint density at radius 3 is 2.50 bits per heavy atom. The minimum atomic E-state index is -1.01. The monoisotopic (exact) mass is 228 g/mol. The molecule has 0 aliphatic heterocycles. The SMILES string of the molecule is COC(=O)C1CC1c1cc(F)c(O)c(F)c1. The van der Waals surface area contributed by atoms with Crippen molar-refractivity contribution in [3.8, 4) is 5.75 Å². The third-order valence-corrected chi connectivity index (χ3v) is 2.76. The first-order chi connectivity index (χ1) is 7.54.